The van der Waals surface area contributed by atoms with Crippen LogP contribution in [-0.4, -0.2) is 26.2 Å². The largest absolute Gasteiger partial charge is 0.497 e. The van der Waals surface area contributed by atoms with Crippen molar-refractivity contribution in [2.24, 2.45) is 4.99 Å². The number of ether oxygens (including phenoxy) is 3. The van der Waals surface area contributed by atoms with Gasteiger partial charge >= 0.3 is 0 Å². The number of rotatable bonds is 2. The van der Waals surface area contributed by atoms with Crippen LogP contribution in [0, 0.1) is 0 Å². The summed E-state index contributed by atoms with van der Waals surface area (Å²) in [6, 6.07) is 12.1. The van der Waals surface area contributed by atoms with Crippen molar-refractivity contribution in [3.05, 3.63) is 53.1 Å². The molecule has 0 radical (unpaired) electrons. The summed E-state index contributed by atoms with van der Waals surface area (Å²) in [5.41, 5.74) is 4.50. The predicted molar refractivity (Wildman–Crippen MR) is 79.8 cm³/mol. The Kier molecular flexibility index (Phi) is 2.81. The van der Waals surface area contributed by atoms with Gasteiger partial charge in [-0.2, -0.15) is 0 Å². The Morgan fingerprint density at radius 3 is 2.57 bits per heavy atom. The smallest absolute Gasteiger partial charge is 0.231 e. The van der Waals surface area contributed by atoms with Crippen LogP contribution in [0.25, 0.3) is 0 Å². The van der Waals surface area contributed by atoms with Crippen LogP contribution in [0.3, 0.4) is 0 Å². The van der Waals surface area contributed by atoms with Crippen LogP contribution in [0.4, 0.5) is 0 Å². The summed E-state index contributed by atoms with van der Waals surface area (Å²) in [4.78, 5) is 4.70. The molecule has 0 saturated heterocycles. The van der Waals surface area contributed by atoms with Gasteiger partial charge in [-0.05, 0) is 48.4 Å². The van der Waals surface area contributed by atoms with Crippen molar-refractivity contribution in [1.29, 1.82) is 0 Å². The molecule has 0 amide bonds. The van der Waals surface area contributed by atoms with Crippen LogP contribution in [0.5, 0.6) is 17.2 Å². The fourth-order valence-corrected chi connectivity index (χ4v) is 2.78. The summed E-state index contributed by atoms with van der Waals surface area (Å²) in [5, 5.41) is 0. The molecule has 2 aliphatic rings. The molecule has 0 unspecified atom stereocenters. The van der Waals surface area contributed by atoms with Crippen LogP contribution >= 0.6 is 0 Å². The van der Waals surface area contributed by atoms with Crippen molar-refractivity contribution in [2.75, 3.05) is 20.4 Å². The molecule has 2 aromatic rings. The molecule has 0 spiro atoms. The van der Waals surface area contributed by atoms with E-state index in [-0.39, 0.29) is 0 Å². The minimum atomic E-state index is 0.299. The summed E-state index contributed by atoms with van der Waals surface area (Å²) in [5.74, 6) is 2.49. The van der Waals surface area contributed by atoms with Crippen molar-refractivity contribution in [2.45, 2.75) is 6.42 Å². The van der Waals surface area contributed by atoms with Gasteiger partial charge in [0.15, 0.2) is 11.5 Å². The van der Waals surface area contributed by atoms with Gasteiger partial charge in [0.1, 0.15) is 5.75 Å². The molecule has 21 heavy (non-hydrogen) atoms. The SMILES string of the molecule is COc1ccc(C2=NCCc3cc4c(cc32)OCO4)cc1. The summed E-state index contributed by atoms with van der Waals surface area (Å²) in [6.07, 6.45) is 0.936. The maximum absolute atomic E-state index is 5.49. The van der Waals surface area contributed by atoms with Crippen molar-refractivity contribution >= 4 is 5.71 Å². The van der Waals surface area contributed by atoms with Crippen molar-refractivity contribution in [1.82, 2.24) is 0 Å². The summed E-state index contributed by atoms with van der Waals surface area (Å²) in [7, 11) is 1.67. The molecule has 0 bridgehead atoms. The van der Waals surface area contributed by atoms with Gasteiger partial charge in [-0.15, -0.1) is 0 Å². The highest BCUT2D eigenvalue weighted by Gasteiger charge is 2.22. The van der Waals surface area contributed by atoms with Gasteiger partial charge < -0.3 is 14.2 Å². The third kappa shape index (κ3) is 2.03. The molecule has 0 aliphatic carbocycles. The van der Waals surface area contributed by atoms with Crippen LogP contribution in [0.1, 0.15) is 16.7 Å². The fraction of sp³-hybridized carbons (Fsp3) is 0.235. The second kappa shape index (κ2) is 4.81. The molecule has 106 valence electrons. The first kappa shape index (κ1) is 12.3. The molecule has 4 rings (SSSR count). The van der Waals surface area contributed by atoms with Crippen molar-refractivity contribution < 1.29 is 14.2 Å². The molecule has 0 N–H and O–H groups in total. The molecule has 4 nitrogen and oxygen atoms in total. The van der Waals surface area contributed by atoms with E-state index in [1.54, 1.807) is 7.11 Å². The van der Waals surface area contributed by atoms with E-state index in [1.807, 2.05) is 30.3 Å². The number of hydrogen-bond donors (Lipinski definition) is 0. The van der Waals surface area contributed by atoms with Crippen LogP contribution in [0.2, 0.25) is 0 Å². The standard InChI is InChI=1S/C17H15NO3/c1-19-13-4-2-11(3-5-13)17-14-9-16-15(20-10-21-16)8-12(14)6-7-18-17/h2-5,8-9H,6-7,10H2,1H3. The van der Waals surface area contributed by atoms with Gasteiger partial charge in [-0.25, -0.2) is 0 Å². The Labute approximate surface area is 123 Å². The topological polar surface area (TPSA) is 40.0 Å². The van der Waals surface area contributed by atoms with Crippen LogP contribution < -0.4 is 14.2 Å². The summed E-state index contributed by atoms with van der Waals surface area (Å²) < 4.78 is 16.2. The Balaban J connectivity index is 1.79. The van der Waals surface area contributed by atoms with Gasteiger partial charge in [0.25, 0.3) is 0 Å². The van der Waals surface area contributed by atoms with Gasteiger partial charge in [0, 0.05) is 17.7 Å². The van der Waals surface area contributed by atoms with E-state index in [0.29, 0.717) is 6.79 Å². The first-order chi connectivity index (χ1) is 10.3. The number of aliphatic imine (C=N–C) groups is 1. The fourth-order valence-electron chi connectivity index (χ4n) is 2.78. The first-order valence-corrected chi connectivity index (χ1v) is 6.97. The molecule has 2 heterocycles. The second-order valence-electron chi connectivity index (χ2n) is 5.07. The average molecular weight is 281 g/mol. The van der Waals surface area contributed by atoms with E-state index in [2.05, 4.69) is 6.07 Å². The lowest BCUT2D eigenvalue weighted by Crippen LogP contribution is -2.14. The lowest BCUT2D eigenvalue weighted by atomic mass is 9.93. The molecule has 0 saturated carbocycles. The maximum atomic E-state index is 5.49. The molecular formula is C17H15NO3. The highest BCUT2D eigenvalue weighted by atomic mass is 16.7. The van der Waals surface area contributed by atoms with Crippen LogP contribution in [0.15, 0.2) is 41.4 Å². The zero-order valence-electron chi connectivity index (χ0n) is 11.8. The zero-order chi connectivity index (χ0) is 14.2. The van der Waals surface area contributed by atoms with E-state index in [0.717, 1.165) is 47.1 Å². The number of hydrogen-bond acceptors (Lipinski definition) is 4. The molecule has 2 aromatic carbocycles. The summed E-state index contributed by atoms with van der Waals surface area (Å²) in [6.45, 7) is 1.10. The predicted octanol–water partition coefficient (Wildman–Crippen LogP) is 2.82. The number of nitrogens with zero attached hydrogens (tertiary/aromatic N) is 1. The van der Waals surface area contributed by atoms with E-state index in [9.17, 15) is 0 Å². The third-order valence-corrected chi connectivity index (χ3v) is 3.87. The lowest BCUT2D eigenvalue weighted by Gasteiger charge is -2.18. The zero-order valence-corrected chi connectivity index (χ0v) is 11.8. The Hall–Kier alpha value is -2.49. The maximum Gasteiger partial charge on any atom is 0.231 e. The number of benzene rings is 2. The lowest BCUT2D eigenvalue weighted by molar-refractivity contribution is 0.174. The van der Waals surface area contributed by atoms with Gasteiger partial charge in [-0.1, -0.05) is 0 Å². The Bertz CT molecular complexity index is 720. The van der Waals surface area contributed by atoms with Crippen LogP contribution in [-0.2, 0) is 6.42 Å². The molecule has 0 atom stereocenters. The molecule has 4 heteroatoms. The number of fused-ring (bicyclic) bond motifs is 2. The Morgan fingerprint density at radius 1 is 1.05 bits per heavy atom. The quantitative estimate of drug-likeness (QED) is 0.850. The highest BCUT2D eigenvalue weighted by molar-refractivity contribution is 6.14. The Morgan fingerprint density at radius 2 is 1.81 bits per heavy atom. The molecule has 0 aromatic heterocycles. The molecule has 2 aliphatic heterocycles. The van der Waals surface area contributed by atoms with E-state index < -0.39 is 0 Å². The first-order valence-electron chi connectivity index (χ1n) is 6.97. The normalized spacial score (nSPS) is 15.4. The summed E-state index contributed by atoms with van der Waals surface area (Å²) >= 11 is 0. The van der Waals surface area contributed by atoms with E-state index in [4.69, 9.17) is 19.2 Å². The van der Waals surface area contributed by atoms with Crippen molar-refractivity contribution in [3.63, 3.8) is 0 Å². The highest BCUT2D eigenvalue weighted by Crippen LogP contribution is 2.37. The number of methoxy groups -OCH3 is 1. The van der Waals surface area contributed by atoms with E-state index in [1.165, 1.54) is 5.56 Å². The van der Waals surface area contributed by atoms with Gasteiger partial charge in [-0.3, -0.25) is 4.99 Å². The minimum absolute atomic E-state index is 0.299. The second-order valence-corrected chi connectivity index (χ2v) is 5.07. The van der Waals surface area contributed by atoms with Crippen molar-refractivity contribution in [3.8, 4) is 17.2 Å². The molecular weight excluding hydrogens is 266 g/mol. The monoisotopic (exact) mass is 281 g/mol. The van der Waals surface area contributed by atoms with E-state index >= 15 is 0 Å². The molecule has 0 fully saturated rings. The van der Waals surface area contributed by atoms with Gasteiger partial charge in [0.05, 0.1) is 12.8 Å². The van der Waals surface area contributed by atoms with Gasteiger partial charge in [0.2, 0.25) is 6.79 Å². The minimum Gasteiger partial charge on any atom is -0.497 e. The average Bonchev–Trinajstić information content (AvgIpc) is 2.99. The third-order valence-electron chi connectivity index (χ3n) is 3.87.